The highest BCUT2D eigenvalue weighted by molar-refractivity contribution is 6.01. The first-order valence-corrected chi connectivity index (χ1v) is 7.19. The van der Waals surface area contributed by atoms with Crippen LogP contribution in [-0.4, -0.2) is 49.5 Å². The van der Waals surface area contributed by atoms with Crippen LogP contribution in [0.25, 0.3) is 0 Å². The molecule has 1 saturated heterocycles. The Bertz CT molecular complexity index is 569. The molecule has 22 heavy (non-hydrogen) atoms. The van der Waals surface area contributed by atoms with Gasteiger partial charge in [-0.05, 0) is 18.1 Å². The monoisotopic (exact) mass is 303 g/mol. The highest BCUT2D eigenvalue weighted by Crippen LogP contribution is 2.05. The number of rotatable bonds is 5. The Morgan fingerprint density at radius 1 is 1.32 bits per heavy atom. The van der Waals surface area contributed by atoms with Crippen LogP contribution >= 0.6 is 0 Å². The average molecular weight is 303 g/mol. The number of aliphatic imine (C=N–C) groups is 1. The number of carbonyl (C=O) groups excluding carboxylic acids is 2. The summed E-state index contributed by atoms with van der Waals surface area (Å²) in [6.07, 6.45) is 0. The van der Waals surface area contributed by atoms with Crippen molar-refractivity contribution in [2.75, 3.05) is 26.7 Å². The molecule has 0 spiro atoms. The second-order valence-corrected chi connectivity index (χ2v) is 4.98. The first-order valence-electron chi connectivity index (χ1n) is 7.19. The first kappa shape index (κ1) is 15.8. The first-order chi connectivity index (χ1) is 10.6. The van der Waals surface area contributed by atoms with Gasteiger partial charge in [-0.2, -0.15) is 0 Å². The van der Waals surface area contributed by atoms with E-state index >= 15 is 0 Å². The van der Waals surface area contributed by atoms with Crippen LogP contribution in [0.5, 0.6) is 0 Å². The van der Waals surface area contributed by atoms with Crippen molar-refractivity contribution in [2.45, 2.75) is 13.5 Å². The molecule has 118 valence electrons. The Balaban J connectivity index is 1.77. The minimum Gasteiger partial charge on any atom is -0.355 e. The number of carbonyl (C=O) groups is 2. The lowest BCUT2D eigenvalue weighted by Gasteiger charge is -2.16. The van der Waals surface area contributed by atoms with E-state index in [0.717, 1.165) is 0 Å². The fourth-order valence-electron chi connectivity index (χ4n) is 2.18. The molecule has 0 saturated carbocycles. The molecule has 1 heterocycles. The fourth-order valence-corrected chi connectivity index (χ4v) is 2.18. The summed E-state index contributed by atoms with van der Waals surface area (Å²) in [7, 11) is 1.68. The molecule has 3 N–H and O–H groups in total. The molecule has 0 atom stereocenters. The number of nitrogens with zero attached hydrogens (tertiary/aromatic N) is 2. The van der Waals surface area contributed by atoms with Gasteiger partial charge in [-0.1, -0.05) is 24.3 Å². The normalized spacial score (nSPS) is 15.0. The molecule has 0 radical (unpaired) electrons. The maximum Gasteiger partial charge on any atom is 0.324 e. The Labute approximate surface area is 129 Å². The second-order valence-electron chi connectivity index (χ2n) is 4.98. The number of nitrogens with one attached hydrogen (secondary N) is 3. The second kappa shape index (κ2) is 7.44. The van der Waals surface area contributed by atoms with Crippen molar-refractivity contribution in [2.24, 2.45) is 4.99 Å². The molecule has 7 heteroatoms. The fraction of sp³-hybridized carbons (Fsp3) is 0.400. The van der Waals surface area contributed by atoms with Gasteiger partial charge in [0.2, 0.25) is 5.91 Å². The Morgan fingerprint density at radius 3 is 2.73 bits per heavy atom. The molecule has 0 aromatic heterocycles. The van der Waals surface area contributed by atoms with E-state index in [1.54, 1.807) is 7.05 Å². The zero-order chi connectivity index (χ0) is 15.9. The molecular weight excluding hydrogens is 282 g/mol. The van der Waals surface area contributed by atoms with Gasteiger partial charge in [0.25, 0.3) is 0 Å². The van der Waals surface area contributed by atoms with Crippen molar-refractivity contribution in [3.05, 3.63) is 35.4 Å². The molecule has 0 aliphatic carbocycles. The maximum atomic E-state index is 11.4. The predicted molar refractivity (Wildman–Crippen MR) is 84.5 cm³/mol. The minimum absolute atomic E-state index is 0.0824. The van der Waals surface area contributed by atoms with E-state index in [1.807, 2.05) is 12.1 Å². The van der Waals surface area contributed by atoms with Crippen LogP contribution in [0.3, 0.4) is 0 Å². The number of amides is 3. The lowest BCUT2D eigenvalue weighted by Crippen LogP contribution is -2.43. The Morgan fingerprint density at radius 2 is 2.09 bits per heavy atom. The maximum absolute atomic E-state index is 11.4. The standard InChI is InChI=1S/C15H21N5O2/c1-11-5-3-4-6-12(11)9-18-14(16-2)17-7-8-20-13(21)10-19-15(20)22/h3-6H,7-10H2,1-2H3,(H,19,22)(H2,16,17,18). The lowest BCUT2D eigenvalue weighted by molar-refractivity contribution is -0.124. The van der Waals surface area contributed by atoms with Gasteiger partial charge in [0.1, 0.15) is 0 Å². The molecule has 0 bridgehead atoms. The van der Waals surface area contributed by atoms with Crippen LogP contribution in [0.4, 0.5) is 4.79 Å². The van der Waals surface area contributed by atoms with Crippen molar-refractivity contribution in [1.29, 1.82) is 0 Å². The number of aryl methyl sites for hydroxylation is 1. The summed E-state index contributed by atoms with van der Waals surface area (Å²) in [5.41, 5.74) is 2.41. The van der Waals surface area contributed by atoms with Gasteiger partial charge in [-0.15, -0.1) is 0 Å². The van der Waals surface area contributed by atoms with Gasteiger partial charge in [-0.3, -0.25) is 14.7 Å². The number of guanidine groups is 1. The number of benzene rings is 1. The SMILES string of the molecule is CN=C(NCCN1C(=O)CNC1=O)NCc1ccccc1C. The smallest absolute Gasteiger partial charge is 0.324 e. The quantitative estimate of drug-likeness (QED) is 0.412. The van der Waals surface area contributed by atoms with Gasteiger partial charge in [0.15, 0.2) is 5.96 Å². The summed E-state index contributed by atoms with van der Waals surface area (Å²) in [5.74, 6) is 0.435. The molecule has 1 aromatic carbocycles. The number of imide groups is 1. The third kappa shape index (κ3) is 3.97. The third-order valence-corrected chi connectivity index (χ3v) is 3.50. The molecule has 1 aliphatic rings. The van der Waals surface area contributed by atoms with Crippen LogP contribution in [0, 0.1) is 6.92 Å². The summed E-state index contributed by atoms with van der Waals surface area (Å²) in [4.78, 5) is 28.2. The third-order valence-electron chi connectivity index (χ3n) is 3.50. The molecule has 1 aliphatic heterocycles. The molecular formula is C15H21N5O2. The van der Waals surface area contributed by atoms with Gasteiger partial charge in [0, 0.05) is 26.7 Å². The summed E-state index contributed by atoms with van der Waals surface area (Å²) < 4.78 is 0. The van der Waals surface area contributed by atoms with E-state index in [0.29, 0.717) is 25.6 Å². The highest BCUT2D eigenvalue weighted by Gasteiger charge is 2.27. The summed E-state index contributed by atoms with van der Waals surface area (Å²) >= 11 is 0. The van der Waals surface area contributed by atoms with Crippen molar-refractivity contribution < 1.29 is 9.59 Å². The van der Waals surface area contributed by atoms with E-state index in [4.69, 9.17) is 0 Å². The average Bonchev–Trinajstić information content (AvgIpc) is 2.83. The van der Waals surface area contributed by atoms with Crippen LogP contribution in [0.15, 0.2) is 29.3 Å². The molecule has 0 unspecified atom stereocenters. The topological polar surface area (TPSA) is 85.8 Å². The lowest BCUT2D eigenvalue weighted by atomic mass is 10.1. The van der Waals surface area contributed by atoms with Crippen molar-refractivity contribution in [3.8, 4) is 0 Å². The number of hydrogen-bond acceptors (Lipinski definition) is 3. The van der Waals surface area contributed by atoms with E-state index in [9.17, 15) is 9.59 Å². The largest absolute Gasteiger partial charge is 0.355 e. The molecule has 1 fully saturated rings. The molecule has 7 nitrogen and oxygen atoms in total. The Kier molecular flexibility index (Phi) is 5.35. The minimum atomic E-state index is -0.338. The highest BCUT2D eigenvalue weighted by atomic mass is 16.2. The number of hydrogen-bond donors (Lipinski definition) is 3. The summed E-state index contributed by atoms with van der Waals surface area (Å²) in [5, 5.41) is 8.79. The van der Waals surface area contributed by atoms with Crippen LogP contribution in [-0.2, 0) is 11.3 Å². The summed E-state index contributed by atoms with van der Waals surface area (Å²) in [6.45, 7) is 3.57. The zero-order valence-corrected chi connectivity index (χ0v) is 12.8. The van der Waals surface area contributed by atoms with Gasteiger partial charge in [0.05, 0.1) is 6.54 Å². The Hall–Kier alpha value is -2.57. The van der Waals surface area contributed by atoms with E-state index < -0.39 is 0 Å². The molecule has 3 amide bonds. The van der Waals surface area contributed by atoms with Gasteiger partial charge < -0.3 is 16.0 Å². The van der Waals surface area contributed by atoms with Crippen molar-refractivity contribution in [1.82, 2.24) is 20.9 Å². The van der Waals surface area contributed by atoms with Crippen molar-refractivity contribution in [3.63, 3.8) is 0 Å². The number of urea groups is 1. The van der Waals surface area contributed by atoms with Crippen molar-refractivity contribution >= 4 is 17.9 Å². The van der Waals surface area contributed by atoms with Crippen LogP contribution in [0.2, 0.25) is 0 Å². The van der Waals surface area contributed by atoms with E-state index in [-0.39, 0.29) is 18.5 Å². The van der Waals surface area contributed by atoms with Crippen LogP contribution < -0.4 is 16.0 Å². The van der Waals surface area contributed by atoms with E-state index in [2.05, 4.69) is 40.0 Å². The zero-order valence-electron chi connectivity index (χ0n) is 12.8. The summed E-state index contributed by atoms with van der Waals surface area (Å²) in [6, 6.07) is 7.78. The van der Waals surface area contributed by atoms with Crippen LogP contribution in [0.1, 0.15) is 11.1 Å². The predicted octanol–water partition coefficient (Wildman–Crippen LogP) is 0.212. The van der Waals surface area contributed by atoms with E-state index in [1.165, 1.54) is 16.0 Å². The van der Waals surface area contributed by atoms with Gasteiger partial charge in [-0.25, -0.2) is 4.79 Å². The molecule has 1 aromatic rings. The molecule has 2 rings (SSSR count). The van der Waals surface area contributed by atoms with Gasteiger partial charge >= 0.3 is 6.03 Å².